The van der Waals surface area contributed by atoms with E-state index in [0.29, 0.717) is 0 Å². The Hall–Kier alpha value is 0.129. The molecule has 0 atom stereocenters. The van der Waals surface area contributed by atoms with Gasteiger partial charge < -0.3 is 0 Å². The molecule has 0 rings (SSSR count). The van der Waals surface area contributed by atoms with Gasteiger partial charge in [0, 0.05) is 0 Å². The van der Waals surface area contributed by atoms with Gasteiger partial charge in [0.05, 0.1) is 0 Å². The third-order valence-electron chi connectivity index (χ3n) is 9.16. The molecule has 32 heavy (non-hydrogen) atoms. The van der Waals surface area contributed by atoms with Crippen LogP contribution in [0.4, 0.5) is 0 Å². The van der Waals surface area contributed by atoms with Gasteiger partial charge in [0.2, 0.25) is 0 Å². The summed E-state index contributed by atoms with van der Waals surface area (Å²) >= 11 is -3.05. The zero-order valence-corrected chi connectivity index (χ0v) is 29.3. The Bertz CT molecular complexity index is 588. The molecule has 0 fully saturated rings. The van der Waals surface area contributed by atoms with E-state index < -0.39 is 42.6 Å². The molecule has 0 heterocycles. The summed E-state index contributed by atoms with van der Waals surface area (Å²) in [6, 6.07) is 15.7. The summed E-state index contributed by atoms with van der Waals surface area (Å²) in [6.45, 7) is 21.5. The zero-order chi connectivity index (χ0) is 24.7. The van der Waals surface area contributed by atoms with Crippen molar-refractivity contribution in [2.24, 2.45) is 0 Å². The van der Waals surface area contributed by atoms with Crippen molar-refractivity contribution in [2.75, 3.05) is 0 Å². The second kappa shape index (κ2) is 15.9. The van der Waals surface area contributed by atoms with E-state index in [1.807, 2.05) is 0 Å². The number of hydrogen-bond acceptors (Lipinski definition) is 0. The van der Waals surface area contributed by atoms with E-state index in [1.165, 1.54) is 54.4 Å². The molecule has 0 aliphatic heterocycles. The summed E-state index contributed by atoms with van der Waals surface area (Å²) in [5, 5.41) is 0. The van der Waals surface area contributed by atoms with Gasteiger partial charge in [-0.25, -0.2) is 0 Å². The van der Waals surface area contributed by atoms with Crippen molar-refractivity contribution in [2.45, 2.75) is 140 Å². The van der Waals surface area contributed by atoms with Gasteiger partial charge in [0.1, 0.15) is 0 Å². The van der Waals surface area contributed by atoms with E-state index in [1.54, 1.807) is 0 Å². The topological polar surface area (TPSA) is 0 Å². The monoisotopic (exact) mass is 594 g/mol. The second-order valence-corrected chi connectivity index (χ2v) is 35.2. The average molecular weight is 594 g/mol. The minimum atomic E-state index is -3.05. The van der Waals surface area contributed by atoms with Crippen LogP contribution < -0.4 is 0 Å². The van der Waals surface area contributed by atoms with Crippen LogP contribution in [0.1, 0.15) is 62.3 Å². The van der Waals surface area contributed by atoms with Gasteiger partial charge in [-0.3, -0.25) is 0 Å². The Morgan fingerprint density at radius 3 is 0.750 bits per heavy atom. The fraction of sp³-hybridized carbons (Fsp3) is 0.786. The third kappa shape index (κ3) is 9.78. The van der Waals surface area contributed by atoms with Gasteiger partial charge in [0.25, 0.3) is 0 Å². The molecule has 0 aromatic rings. The van der Waals surface area contributed by atoms with E-state index in [2.05, 4.69) is 96.8 Å². The Labute approximate surface area is 210 Å². The van der Waals surface area contributed by atoms with Gasteiger partial charge in [-0.15, -0.1) is 0 Å². The molecule has 0 amide bonds. The van der Waals surface area contributed by atoms with Gasteiger partial charge in [0.15, 0.2) is 0 Å². The van der Waals surface area contributed by atoms with Crippen molar-refractivity contribution in [3.8, 4) is 29.6 Å². The molecule has 0 bridgehead atoms. The fourth-order valence-corrected chi connectivity index (χ4v) is 18.7. The van der Waals surface area contributed by atoms with E-state index in [9.17, 15) is 0 Å². The summed E-state index contributed by atoms with van der Waals surface area (Å²) < 4.78 is 11.4. The molecule has 0 N–H and O–H groups in total. The van der Waals surface area contributed by atoms with Gasteiger partial charge in [-0.2, -0.15) is 0 Å². The van der Waals surface area contributed by atoms with Crippen LogP contribution in [-0.2, 0) is 0 Å². The molecule has 0 unspecified atom stereocenters. The van der Waals surface area contributed by atoms with E-state index in [-0.39, 0.29) is 0 Å². The number of hydrogen-bond donors (Lipinski definition) is 0. The molecule has 0 aliphatic rings. The van der Waals surface area contributed by atoms with Crippen LogP contribution in [0.3, 0.4) is 0 Å². The molecule has 0 nitrogen and oxygen atoms in total. The predicted octanol–water partition coefficient (Wildman–Crippen LogP) is 9.22. The Morgan fingerprint density at radius 2 is 0.594 bits per heavy atom. The summed E-state index contributed by atoms with van der Waals surface area (Å²) in [5.41, 5.74) is 0. The molecule has 0 saturated carbocycles. The minimum absolute atomic E-state index is 1.15. The Kier molecular flexibility index (Phi) is 16.0. The SMILES string of the molecule is CC[Si](CC)(CC)CC#[C][Sn]([CH3])([C]#CC[Si](CC)(CC)CC)[C]#CC[Si](CC)(CC)CC. The summed E-state index contributed by atoms with van der Waals surface area (Å²) in [4.78, 5) is 2.40. The summed E-state index contributed by atoms with van der Waals surface area (Å²) in [7, 11) is -3.59. The van der Waals surface area contributed by atoms with E-state index in [4.69, 9.17) is 0 Å². The van der Waals surface area contributed by atoms with Crippen molar-refractivity contribution < 1.29 is 0 Å². The first-order valence-electron chi connectivity index (χ1n) is 13.7. The quantitative estimate of drug-likeness (QED) is 0.156. The van der Waals surface area contributed by atoms with Gasteiger partial charge in [-0.05, 0) is 0 Å². The van der Waals surface area contributed by atoms with Gasteiger partial charge >= 0.3 is 212 Å². The van der Waals surface area contributed by atoms with Crippen molar-refractivity contribution in [3.63, 3.8) is 0 Å². The van der Waals surface area contributed by atoms with Crippen molar-refractivity contribution >= 4 is 42.6 Å². The molecule has 0 radical (unpaired) electrons. The molecule has 0 saturated heterocycles. The molecular weight excluding hydrogens is 539 g/mol. The standard InChI is InChI=1S/3C9H17Si.CH3.Sn/c3*1-5-9-10(6-2,7-3)8-4;;/h3*6-9H2,2-4H3;1H3;. The van der Waals surface area contributed by atoms with Gasteiger partial charge in [-0.1, -0.05) is 0 Å². The van der Waals surface area contributed by atoms with E-state index >= 15 is 0 Å². The summed E-state index contributed by atoms with van der Waals surface area (Å²) in [5.74, 6) is 11.2. The molecule has 0 aliphatic carbocycles. The molecule has 4 heteroatoms. The predicted molar refractivity (Wildman–Crippen MR) is 161 cm³/mol. The Morgan fingerprint density at radius 1 is 0.406 bits per heavy atom. The fourth-order valence-electron chi connectivity index (χ4n) is 4.69. The average Bonchev–Trinajstić information content (AvgIpc) is 2.83. The molecule has 0 aromatic carbocycles. The van der Waals surface area contributed by atoms with Crippen LogP contribution in [-0.4, -0.2) is 42.6 Å². The summed E-state index contributed by atoms with van der Waals surface area (Å²) in [6.07, 6.45) is 0. The van der Waals surface area contributed by atoms with Crippen molar-refractivity contribution in [3.05, 3.63) is 0 Å². The molecule has 0 spiro atoms. The van der Waals surface area contributed by atoms with Crippen LogP contribution in [0, 0.1) is 29.6 Å². The first-order chi connectivity index (χ1) is 15.2. The zero-order valence-electron chi connectivity index (χ0n) is 23.5. The first-order valence-corrected chi connectivity index (χ1v) is 29.3. The van der Waals surface area contributed by atoms with Crippen LogP contribution in [0.15, 0.2) is 0 Å². The maximum absolute atomic E-state index is 3.81. The third-order valence-corrected chi connectivity index (χ3v) is 31.2. The Balaban J connectivity index is 6.00. The molecule has 182 valence electrons. The van der Waals surface area contributed by atoms with Crippen molar-refractivity contribution in [1.82, 2.24) is 0 Å². The van der Waals surface area contributed by atoms with Crippen LogP contribution >= 0.6 is 0 Å². The molecular formula is C28H54Si3Sn. The molecule has 0 aromatic heterocycles. The number of rotatable bonds is 12. The van der Waals surface area contributed by atoms with Crippen LogP contribution in [0.2, 0.25) is 77.5 Å². The van der Waals surface area contributed by atoms with Crippen LogP contribution in [0.25, 0.3) is 0 Å². The van der Waals surface area contributed by atoms with Crippen molar-refractivity contribution in [1.29, 1.82) is 0 Å². The second-order valence-electron chi connectivity index (χ2n) is 10.2. The first kappa shape index (κ1) is 32.1. The van der Waals surface area contributed by atoms with E-state index in [0.717, 1.165) is 18.1 Å². The van der Waals surface area contributed by atoms with Crippen LogP contribution in [0.5, 0.6) is 0 Å². The normalized spacial score (nSPS) is 12.2. The maximum atomic E-state index is 3.81.